The lowest BCUT2D eigenvalue weighted by Crippen LogP contribution is -2.19. The predicted molar refractivity (Wildman–Crippen MR) is 151 cm³/mol. The summed E-state index contributed by atoms with van der Waals surface area (Å²) in [5.41, 5.74) is 4.13. The van der Waals surface area contributed by atoms with Crippen LogP contribution in [0.25, 0.3) is 21.6 Å². The molecule has 0 radical (unpaired) electrons. The summed E-state index contributed by atoms with van der Waals surface area (Å²) < 4.78 is 25.4. The molecule has 9 heteroatoms. The van der Waals surface area contributed by atoms with E-state index >= 15 is 4.39 Å². The summed E-state index contributed by atoms with van der Waals surface area (Å²) in [7, 11) is 0. The zero-order chi connectivity index (χ0) is 27.9. The van der Waals surface area contributed by atoms with Crippen LogP contribution in [-0.2, 0) is 14.9 Å². The zero-order valence-corrected chi connectivity index (χ0v) is 23.1. The van der Waals surface area contributed by atoms with Crippen LogP contribution in [-0.4, -0.2) is 21.5 Å². The average molecular weight is 565 g/mol. The number of carbonyl (C=O) groups is 2. The second-order valence-electron chi connectivity index (χ2n) is 9.78. The summed E-state index contributed by atoms with van der Waals surface area (Å²) in [6, 6.07) is 17.4. The normalized spacial score (nSPS) is 14.5. The highest BCUT2D eigenvalue weighted by molar-refractivity contribution is 7.10. The maximum Gasteiger partial charge on any atom is 0.412 e. The molecule has 1 fully saturated rings. The molecule has 1 heterocycles. The van der Waals surface area contributed by atoms with Gasteiger partial charge < -0.3 is 9.84 Å². The minimum absolute atomic E-state index is 0.409. The van der Waals surface area contributed by atoms with Crippen molar-refractivity contribution in [3.8, 4) is 21.6 Å². The number of carboxylic acids is 1. The fourth-order valence-electron chi connectivity index (χ4n) is 4.73. The molecule has 0 bridgehead atoms. The Balaban J connectivity index is 1.38. The van der Waals surface area contributed by atoms with Gasteiger partial charge in [0.2, 0.25) is 0 Å². The van der Waals surface area contributed by atoms with E-state index in [2.05, 4.69) is 9.69 Å². The molecular weight excluding hydrogens is 539 g/mol. The van der Waals surface area contributed by atoms with Gasteiger partial charge in [0, 0.05) is 21.7 Å². The molecule has 1 aliphatic carbocycles. The van der Waals surface area contributed by atoms with Crippen LogP contribution >= 0.6 is 23.1 Å². The molecule has 200 valence electrons. The standard InChI is InChI=1S/C30H26ClFN2O4S/c1-16-14-23(19-8-10-20(11-9-19)30(12-13-30)28(35)36)25(32)15-22(16)27-26(17(2)34-39-27)33-29(37)38-18(3)21-6-4-5-7-24(21)31/h4-11,14-15,18H,12-13H2,1-3H3,(H,33,37)(H,35,36). The number of benzene rings is 3. The summed E-state index contributed by atoms with van der Waals surface area (Å²) in [6.45, 7) is 5.36. The summed E-state index contributed by atoms with van der Waals surface area (Å²) in [6.07, 6.45) is -0.0252. The Morgan fingerprint density at radius 1 is 1.10 bits per heavy atom. The molecule has 39 heavy (non-hydrogen) atoms. The van der Waals surface area contributed by atoms with Gasteiger partial charge in [-0.25, -0.2) is 9.18 Å². The zero-order valence-electron chi connectivity index (χ0n) is 21.5. The Morgan fingerprint density at radius 2 is 1.79 bits per heavy atom. The third-order valence-corrected chi connectivity index (χ3v) is 8.50. The van der Waals surface area contributed by atoms with E-state index in [1.54, 1.807) is 62.4 Å². The Labute approximate surface area is 234 Å². The Bertz CT molecular complexity index is 1580. The number of nitrogens with one attached hydrogen (secondary N) is 1. The number of halogens is 2. The molecule has 6 nitrogen and oxygen atoms in total. The van der Waals surface area contributed by atoms with Crippen LogP contribution in [0.15, 0.2) is 60.7 Å². The highest BCUT2D eigenvalue weighted by Gasteiger charge is 2.51. The minimum Gasteiger partial charge on any atom is -0.481 e. The smallest absolute Gasteiger partial charge is 0.412 e. The van der Waals surface area contributed by atoms with Crippen LogP contribution in [0.5, 0.6) is 0 Å². The maximum absolute atomic E-state index is 15.4. The first-order valence-electron chi connectivity index (χ1n) is 12.4. The third kappa shape index (κ3) is 5.14. The summed E-state index contributed by atoms with van der Waals surface area (Å²) in [5.74, 6) is -1.26. The largest absolute Gasteiger partial charge is 0.481 e. The van der Waals surface area contributed by atoms with Gasteiger partial charge in [0.1, 0.15) is 11.9 Å². The topological polar surface area (TPSA) is 88.5 Å². The van der Waals surface area contributed by atoms with Crippen LogP contribution < -0.4 is 5.32 Å². The van der Waals surface area contributed by atoms with Gasteiger partial charge in [-0.15, -0.1) is 0 Å². The molecule has 2 N–H and O–H groups in total. The number of anilines is 1. The van der Waals surface area contributed by atoms with Crippen molar-refractivity contribution in [3.05, 3.63) is 93.9 Å². The predicted octanol–water partition coefficient (Wildman–Crippen LogP) is 8.31. The molecule has 4 aromatic rings. The number of nitrogens with zero attached hydrogens (tertiary/aromatic N) is 1. The van der Waals surface area contributed by atoms with Gasteiger partial charge in [0.15, 0.2) is 0 Å². The number of rotatable bonds is 7. The fourth-order valence-corrected chi connectivity index (χ4v) is 5.95. The van der Waals surface area contributed by atoms with Crippen molar-refractivity contribution in [2.75, 3.05) is 5.32 Å². The van der Waals surface area contributed by atoms with Crippen LogP contribution in [0.1, 0.15) is 48.3 Å². The van der Waals surface area contributed by atoms with Gasteiger partial charge in [-0.1, -0.05) is 54.1 Å². The first-order chi connectivity index (χ1) is 18.6. The van der Waals surface area contributed by atoms with Crippen molar-refractivity contribution in [1.82, 2.24) is 4.37 Å². The van der Waals surface area contributed by atoms with Crippen molar-refractivity contribution in [2.45, 2.75) is 45.1 Å². The number of hydrogen-bond acceptors (Lipinski definition) is 5. The van der Waals surface area contributed by atoms with Crippen LogP contribution in [0, 0.1) is 19.7 Å². The van der Waals surface area contributed by atoms with Gasteiger partial charge in [0.05, 0.1) is 21.7 Å². The molecular formula is C30H26ClFN2O4S. The number of carbonyl (C=O) groups excluding carboxylic acids is 1. The van der Waals surface area contributed by atoms with Crippen molar-refractivity contribution in [3.63, 3.8) is 0 Å². The molecule has 1 aromatic heterocycles. The number of aryl methyl sites for hydroxylation is 2. The van der Waals surface area contributed by atoms with E-state index in [1.165, 1.54) is 6.07 Å². The second kappa shape index (κ2) is 10.4. The van der Waals surface area contributed by atoms with Crippen molar-refractivity contribution in [2.24, 2.45) is 0 Å². The number of aromatic nitrogens is 1. The lowest BCUT2D eigenvalue weighted by molar-refractivity contribution is -0.140. The molecule has 1 atom stereocenters. The number of ether oxygens (including phenoxy) is 1. The quantitative estimate of drug-likeness (QED) is 0.235. The summed E-state index contributed by atoms with van der Waals surface area (Å²) in [5, 5.41) is 12.8. The Hall–Kier alpha value is -3.75. The molecule has 1 unspecified atom stereocenters. The molecule has 0 aliphatic heterocycles. The summed E-state index contributed by atoms with van der Waals surface area (Å²) in [4.78, 5) is 25.0. The van der Waals surface area contributed by atoms with Crippen LogP contribution in [0.2, 0.25) is 5.02 Å². The van der Waals surface area contributed by atoms with E-state index in [0.29, 0.717) is 56.4 Å². The SMILES string of the molecule is Cc1cc(-c2ccc(C3(C(=O)O)CC3)cc2)c(F)cc1-c1snc(C)c1NC(=O)OC(C)c1ccccc1Cl. The molecule has 1 saturated carbocycles. The van der Waals surface area contributed by atoms with E-state index in [1.807, 2.05) is 13.0 Å². The number of hydrogen-bond donors (Lipinski definition) is 2. The van der Waals surface area contributed by atoms with E-state index < -0.39 is 29.4 Å². The lowest BCUT2D eigenvalue weighted by atomic mass is 9.92. The van der Waals surface area contributed by atoms with Crippen LogP contribution in [0.4, 0.5) is 14.9 Å². The van der Waals surface area contributed by atoms with E-state index in [4.69, 9.17) is 16.3 Å². The van der Waals surface area contributed by atoms with Gasteiger partial charge in [-0.2, -0.15) is 4.37 Å². The fraction of sp³-hybridized carbons (Fsp3) is 0.233. The number of amides is 1. The van der Waals surface area contributed by atoms with E-state index in [-0.39, 0.29) is 0 Å². The van der Waals surface area contributed by atoms with Gasteiger partial charge in [-0.3, -0.25) is 10.1 Å². The van der Waals surface area contributed by atoms with E-state index in [0.717, 1.165) is 22.7 Å². The lowest BCUT2D eigenvalue weighted by Gasteiger charge is -2.16. The van der Waals surface area contributed by atoms with Crippen LogP contribution in [0.3, 0.4) is 0 Å². The van der Waals surface area contributed by atoms with E-state index in [9.17, 15) is 14.7 Å². The van der Waals surface area contributed by atoms with Gasteiger partial charge in [0.25, 0.3) is 0 Å². The molecule has 0 saturated heterocycles. The summed E-state index contributed by atoms with van der Waals surface area (Å²) >= 11 is 7.39. The average Bonchev–Trinajstić information content (AvgIpc) is 3.65. The minimum atomic E-state index is -0.826. The Morgan fingerprint density at radius 3 is 2.44 bits per heavy atom. The highest BCUT2D eigenvalue weighted by atomic mass is 35.5. The first kappa shape index (κ1) is 26.8. The van der Waals surface area contributed by atoms with Crippen molar-refractivity contribution < 1.29 is 23.8 Å². The van der Waals surface area contributed by atoms with Crippen molar-refractivity contribution in [1.29, 1.82) is 0 Å². The maximum atomic E-state index is 15.4. The monoisotopic (exact) mass is 564 g/mol. The second-order valence-corrected chi connectivity index (χ2v) is 11.0. The highest BCUT2D eigenvalue weighted by Crippen LogP contribution is 2.49. The van der Waals surface area contributed by atoms with Crippen molar-refractivity contribution >= 4 is 40.9 Å². The third-order valence-electron chi connectivity index (χ3n) is 7.18. The first-order valence-corrected chi connectivity index (χ1v) is 13.6. The molecule has 5 rings (SSSR count). The van der Waals surface area contributed by atoms with Gasteiger partial charge >= 0.3 is 12.1 Å². The molecule has 1 amide bonds. The van der Waals surface area contributed by atoms with Gasteiger partial charge in [-0.05, 0) is 80.0 Å². The number of carboxylic acid groups (broad SMARTS) is 1. The number of aliphatic carboxylic acids is 1. The molecule has 0 spiro atoms. The molecule has 3 aromatic carbocycles. The Kier molecular flexibility index (Phi) is 7.18. The molecule has 1 aliphatic rings.